The van der Waals surface area contributed by atoms with Crippen molar-refractivity contribution in [3.8, 4) is 0 Å². The molecule has 0 aromatic carbocycles. The Balaban J connectivity index is 2.45. The van der Waals surface area contributed by atoms with Crippen LogP contribution in [0.5, 0.6) is 0 Å². The van der Waals surface area contributed by atoms with Gasteiger partial charge in [-0.05, 0) is 31.4 Å². The Morgan fingerprint density at radius 1 is 1.41 bits per heavy atom. The van der Waals surface area contributed by atoms with Crippen molar-refractivity contribution < 1.29 is 4.79 Å². The summed E-state index contributed by atoms with van der Waals surface area (Å²) in [5.74, 6) is 0.555. The highest BCUT2D eigenvalue weighted by Gasteiger charge is 2.14. The molecule has 4 heteroatoms. The summed E-state index contributed by atoms with van der Waals surface area (Å²) in [6, 6.07) is 3.96. The van der Waals surface area contributed by atoms with Gasteiger partial charge in [0, 0.05) is 12.7 Å². The van der Waals surface area contributed by atoms with Crippen molar-refractivity contribution in [2.24, 2.45) is 5.92 Å². The van der Waals surface area contributed by atoms with Gasteiger partial charge in [0.15, 0.2) is 0 Å². The molecule has 1 amide bonds. The topological polar surface area (TPSA) is 42.0 Å². The average molecular weight is 252 g/mol. The van der Waals surface area contributed by atoms with Crippen LogP contribution in [0.2, 0.25) is 0 Å². The molecule has 0 aliphatic rings. The van der Waals surface area contributed by atoms with Crippen molar-refractivity contribution in [1.29, 1.82) is 0 Å². The minimum atomic E-state index is -0.107. The lowest BCUT2D eigenvalue weighted by Crippen LogP contribution is -2.33. The zero-order chi connectivity index (χ0) is 12.8. The molecule has 17 heavy (non-hydrogen) atoms. The fourth-order valence-corrected chi connectivity index (χ4v) is 2.02. The Morgan fingerprint density at radius 2 is 2.12 bits per heavy atom. The van der Waals surface area contributed by atoms with Gasteiger partial charge in [0.2, 0.25) is 5.91 Å². The monoisotopic (exact) mass is 252 g/mol. The van der Waals surface area contributed by atoms with Crippen LogP contribution in [0.15, 0.2) is 23.4 Å². The van der Waals surface area contributed by atoms with Crippen molar-refractivity contribution in [3.63, 3.8) is 0 Å². The van der Waals surface area contributed by atoms with Crippen LogP contribution in [0.3, 0.4) is 0 Å². The van der Waals surface area contributed by atoms with E-state index in [0.29, 0.717) is 5.92 Å². The zero-order valence-electron chi connectivity index (χ0n) is 10.9. The highest BCUT2D eigenvalue weighted by molar-refractivity contribution is 8.00. The van der Waals surface area contributed by atoms with Crippen molar-refractivity contribution in [2.75, 3.05) is 6.54 Å². The molecule has 0 aliphatic carbocycles. The molecule has 0 radical (unpaired) electrons. The number of hydrogen-bond acceptors (Lipinski definition) is 3. The number of aromatic nitrogens is 1. The van der Waals surface area contributed by atoms with Crippen LogP contribution in [0.25, 0.3) is 0 Å². The molecule has 0 unspecified atom stereocenters. The average Bonchev–Trinajstić information content (AvgIpc) is 2.28. The number of carbonyl (C=O) groups excluding carboxylic acids is 1. The Labute approximate surface area is 107 Å². The maximum atomic E-state index is 11.8. The molecule has 1 aromatic heterocycles. The fraction of sp³-hybridized carbons (Fsp3) is 0.538. The lowest BCUT2D eigenvalue weighted by atomic mass is 10.2. The van der Waals surface area contributed by atoms with E-state index in [-0.39, 0.29) is 11.2 Å². The number of hydrogen-bond donors (Lipinski definition) is 1. The number of rotatable bonds is 5. The van der Waals surface area contributed by atoms with Crippen molar-refractivity contribution in [3.05, 3.63) is 23.9 Å². The number of thioether (sulfide) groups is 1. The van der Waals surface area contributed by atoms with Gasteiger partial charge in [-0.3, -0.25) is 4.79 Å². The molecule has 1 atom stereocenters. The first-order chi connectivity index (χ1) is 7.99. The van der Waals surface area contributed by atoms with E-state index in [1.165, 1.54) is 11.8 Å². The first kappa shape index (κ1) is 14.0. The van der Waals surface area contributed by atoms with E-state index in [1.807, 2.05) is 32.2 Å². The Kier molecular flexibility index (Phi) is 5.48. The van der Waals surface area contributed by atoms with Crippen LogP contribution in [-0.2, 0) is 4.79 Å². The van der Waals surface area contributed by atoms with Gasteiger partial charge in [-0.2, -0.15) is 0 Å². The molecule has 0 aliphatic heterocycles. The van der Waals surface area contributed by atoms with Crippen LogP contribution in [-0.4, -0.2) is 22.7 Å². The van der Waals surface area contributed by atoms with Crippen molar-refractivity contribution >= 4 is 17.7 Å². The van der Waals surface area contributed by atoms with Gasteiger partial charge < -0.3 is 5.32 Å². The maximum Gasteiger partial charge on any atom is 0.233 e. The van der Waals surface area contributed by atoms with E-state index in [2.05, 4.69) is 24.1 Å². The third-order valence-electron chi connectivity index (χ3n) is 2.24. The summed E-state index contributed by atoms with van der Waals surface area (Å²) in [5.41, 5.74) is 1.13. The second kappa shape index (κ2) is 6.64. The maximum absolute atomic E-state index is 11.8. The van der Waals surface area contributed by atoms with E-state index in [1.54, 1.807) is 0 Å². The minimum absolute atomic E-state index is 0.0751. The first-order valence-corrected chi connectivity index (χ1v) is 6.74. The summed E-state index contributed by atoms with van der Waals surface area (Å²) >= 11 is 1.49. The summed E-state index contributed by atoms with van der Waals surface area (Å²) in [7, 11) is 0. The van der Waals surface area contributed by atoms with E-state index in [0.717, 1.165) is 17.1 Å². The number of nitrogens with one attached hydrogen (secondary N) is 1. The molecule has 0 spiro atoms. The molecule has 0 saturated heterocycles. The van der Waals surface area contributed by atoms with Gasteiger partial charge in [-0.15, -0.1) is 0 Å². The van der Waals surface area contributed by atoms with Crippen LogP contribution in [0, 0.1) is 12.8 Å². The molecule has 3 nitrogen and oxygen atoms in total. The van der Waals surface area contributed by atoms with E-state index < -0.39 is 0 Å². The molecule has 94 valence electrons. The van der Waals surface area contributed by atoms with Gasteiger partial charge in [0.1, 0.15) is 0 Å². The summed E-state index contributed by atoms with van der Waals surface area (Å²) in [6.07, 6.45) is 1.82. The largest absolute Gasteiger partial charge is 0.355 e. The standard InChI is InChI=1S/C13H20N2OS/c1-9(2)7-15-13(16)11(4)17-12-6-5-10(3)8-14-12/h5-6,8-9,11H,7H2,1-4H3,(H,15,16)/t11-/m0/s1. The number of aryl methyl sites for hydroxylation is 1. The van der Waals surface area contributed by atoms with E-state index in [4.69, 9.17) is 0 Å². The molecular weight excluding hydrogens is 232 g/mol. The summed E-state index contributed by atoms with van der Waals surface area (Å²) in [6.45, 7) is 8.80. The molecule has 1 N–H and O–H groups in total. The number of pyridine rings is 1. The minimum Gasteiger partial charge on any atom is -0.355 e. The number of nitrogens with zero attached hydrogens (tertiary/aromatic N) is 1. The third-order valence-corrected chi connectivity index (χ3v) is 3.29. The first-order valence-electron chi connectivity index (χ1n) is 5.86. The Morgan fingerprint density at radius 3 is 2.65 bits per heavy atom. The van der Waals surface area contributed by atoms with Gasteiger partial charge in [-0.1, -0.05) is 31.7 Å². The SMILES string of the molecule is Cc1ccc(S[C@@H](C)C(=O)NCC(C)C)nc1. The molecule has 0 bridgehead atoms. The van der Waals surface area contributed by atoms with Gasteiger partial charge in [0.25, 0.3) is 0 Å². The van der Waals surface area contributed by atoms with Crippen LogP contribution in [0.4, 0.5) is 0 Å². The molecule has 1 aromatic rings. The normalized spacial score (nSPS) is 12.5. The van der Waals surface area contributed by atoms with Crippen LogP contribution in [0.1, 0.15) is 26.3 Å². The quantitative estimate of drug-likeness (QED) is 0.819. The van der Waals surface area contributed by atoms with Crippen LogP contribution >= 0.6 is 11.8 Å². The molecule has 0 fully saturated rings. The lowest BCUT2D eigenvalue weighted by Gasteiger charge is -2.12. The van der Waals surface area contributed by atoms with Gasteiger partial charge in [0.05, 0.1) is 10.3 Å². The fourth-order valence-electron chi connectivity index (χ4n) is 1.21. The Bertz CT molecular complexity index is 362. The molecular formula is C13H20N2OS. The Hall–Kier alpha value is -1.03. The summed E-state index contributed by atoms with van der Waals surface area (Å²) in [4.78, 5) is 16.0. The van der Waals surface area contributed by atoms with Crippen LogP contribution < -0.4 is 5.32 Å². The second-order valence-electron chi connectivity index (χ2n) is 4.57. The predicted octanol–water partition coefficient (Wildman–Crippen LogP) is 2.64. The van der Waals surface area contributed by atoms with Gasteiger partial charge in [-0.25, -0.2) is 4.98 Å². The highest BCUT2D eigenvalue weighted by atomic mass is 32.2. The third kappa shape index (κ3) is 5.22. The van der Waals surface area contributed by atoms with E-state index in [9.17, 15) is 4.79 Å². The van der Waals surface area contributed by atoms with E-state index >= 15 is 0 Å². The summed E-state index contributed by atoms with van der Waals surface area (Å²) in [5, 5.41) is 3.71. The predicted molar refractivity (Wildman–Crippen MR) is 72.1 cm³/mol. The molecule has 1 heterocycles. The second-order valence-corrected chi connectivity index (χ2v) is 5.93. The number of amides is 1. The smallest absolute Gasteiger partial charge is 0.233 e. The van der Waals surface area contributed by atoms with Crippen molar-refractivity contribution in [2.45, 2.75) is 38.0 Å². The zero-order valence-corrected chi connectivity index (χ0v) is 11.7. The number of carbonyl (C=O) groups is 1. The lowest BCUT2D eigenvalue weighted by molar-refractivity contribution is -0.120. The summed E-state index contributed by atoms with van der Waals surface area (Å²) < 4.78 is 0. The van der Waals surface area contributed by atoms with Gasteiger partial charge >= 0.3 is 0 Å². The van der Waals surface area contributed by atoms with Crippen molar-refractivity contribution in [1.82, 2.24) is 10.3 Å². The molecule has 1 rings (SSSR count). The highest BCUT2D eigenvalue weighted by Crippen LogP contribution is 2.20. The molecule has 0 saturated carbocycles.